The van der Waals surface area contributed by atoms with Crippen LogP contribution in [-0.4, -0.2) is 45.2 Å². The highest BCUT2D eigenvalue weighted by atomic mass is 32.2. The molecule has 0 radical (unpaired) electrons. The van der Waals surface area contributed by atoms with Crippen LogP contribution in [0.1, 0.15) is 20.3 Å². The Balaban J connectivity index is 2.76. The summed E-state index contributed by atoms with van der Waals surface area (Å²) in [5, 5.41) is 9.08. The van der Waals surface area contributed by atoms with E-state index in [-0.39, 0.29) is 17.9 Å². The Labute approximate surface area is 140 Å². The van der Waals surface area contributed by atoms with Crippen molar-refractivity contribution in [3.8, 4) is 5.75 Å². The molecule has 0 aliphatic rings. The molecule has 0 aliphatic carbocycles. The van der Waals surface area contributed by atoms with Gasteiger partial charge in [-0.1, -0.05) is 13.8 Å². The lowest BCUT2D eigenvalue weighted by Gasteiger charge is -2.18. The third kappa shape index (κ3) is 5.82. The van der Waals surface area contributed by atoms with E-state index in [0.717, 1.165) is 0 Å². The van der Waals surface area contributed by atoms with Gasteiger partial charge in [-0.3, -0.25) is 9.59 Å². The third-order valence-corrected chi connectivity index (χ3v) is 4.61. The van der Waals surface area contributed by atoms with Gasteiger partial charge >= 0.3 is 11.9 Å². The van der Waals surface area contributed by atoms with Crippen molar-refractivity contribution in [3.05, 3.63) is 24.3 Å². The Morgan fingerprint density at radius 2 is 1.79 bits per heavy atom. The predicted octanol–water partition coefficient (Wildman–Crippen LogP) is 1.02. The van der Waals surface area contributed by atoms with E-state index in [1.54, 1.807) is 13.8 Å². The number of ether oxygens (including phenoxy) is 2. The summed E-state index contributed by atoms with van der Waals surface area (Å²) in [6, 6.07) is 4.24. The van der Waals surface area contributed by atoms with Crippen molar-refractivity contribution >= 4 is 22.0 Å². The van der Waals surface area contributed by atoms with E-state index in [4.69, 9.17) is 9.84 Å². The van der Waals surface area contributed by atoms with Crippen LogP contribution in [0.5, 0.6) is 5.75 Å². The molecule has 0 amide bonds. The molecular weight excluding hydrogens is 338 g/mol. The first-order valence-corrected chi connectivity index (χ1v) is 8.70. The molecule has 2 N–H and O–H groups in total. The molecule has 9 heteroatoms. The average molecular weight is 359 g/mol. The minimum Gasteiger partial charge on any atom is -0.493 e. The van der Waals surface area contributed by atoms with E-state index >= 15 is 0 Å². The Morgan fingerprint density at radius 3 is 2.25 bits per heavy atom. The Bertz CT molecular complexity index is 668. The molecule has 1 rings (SSSR count). The van der Waals surface area contributed by atoms with Gasteiger partial charge in [-0.15, -0.1) is 0 Å². The summed E-state index contributed by atoms with van der Waals surface area (Å²) in [4.78, 5) is 22.0. The van der Waals surface area contributed by atoms with Crippen LogP contribution in [0.2, 0.25) is 0 Å². The molecule has 0 saturated carbocycles. The first kappa shape index (κ1) is 19.9. The number of methoxy groups -OCH3 is 1. The molecule has 0 aliphatic heterocycles. The highest BCUT2D eigenvalue weighted by Crippen LogP contribution is 2.17. The number of carbonyl (C=O) groups is 2. The van der Waals surface area contributed by atoms with E-state index < -0.39 is 33.9 Å². The van der Waals surface area contributed by atoms with Crippen LogP contribution >= 0.6 is 0 Å². The van der Waals surface area contributed by atoms with Crippen molar-refractivity contribution in [2.75, 3.05) is 13.7 Å². The van der Waals surface area contributed by atoms with Gasteiger partial charge in [-0.2, -0.15) is 4.72 Å². The number of benzene rings is 1. The summed E-state index contributed by atoms with van der Waals surface area (Å²) >= 11 is 0. The van der Waals surface area contributed by atoms with Crippen LogP contribution in [0.25, 0.3) is 0 Å². The molecular formula is C15H21NO7S. The number of aliphatic carboxylic acids is 1. The molecule has 0 bridgehead atoms. The van der Waals surface area contributed by atoms with Crippen LogP contribution in [0.4, 0.5) is 0 Å². The number of hydrogen-bond donors (Lipinski definition) is 2. The summed E-state index contributed by atoms with van der Waals surface area (Å²) in [5.41, 5.74) is 0. The molecule has 0 aromatic heterocycles. The summed E-state index contributed by atoms with van der Waals surface area (Å²) < 4.78 is 36.4. The van der Waals surface area contributed by atoms with Crippen molar-refractivity contribution < 1.29 is 32.6 Å². The lowest BCUT2D eigenvalue weighted by molar-refractivity contribution is -0.141. The van der Waals surface area contributed by atoms with Gasteiger partial charge in [-0.25, -0.2) is 8.42 Å². The highest BCUT2D eigenvalue weighted by molar-refractivity contribution is 7.89. The van der Waals surface area contributed by atoms with E-state index in [9.17, 15) is 18.0 Å². The molecule has 0 heterocycles. The number of carboxylic acids is 1. The van der Waals surface area contributed by atoms with Crippen molar-refractivity contribution in [3.63, 3.8) is 0 Å². The van der Waals surface area contributed by atoms with E-state index in [1.165, 1.54) is 31.4 Å². The van der Waals surface area contributed by atoms with Gasteiger partial charge in [0.2, 0.25) is 10.0 Å². The maximum atomic E-state index is 12.2. The molecule has 24 heavy (non-hydrogen) atoms. The Kier molecular flexibility index (Phi) is 7.18. The lowest BCUT2D eigenvalue weighted by Crippen LogP contribution is -2.44. The van der Waals surface area contributed by atoms with Crippen molar-refractivity contribution in [1.29, 1.82) is 0 Å². The molecule has 0 saturated heterocycles. The van der Waals surface area contributed by atoms with Crippen molar-refractivity contribution in [2.24, 2.45) is 5.92 Å². The highest BCUT2D eigenvalue weighted by Gasteiger charge is 2.27. The van der Waals surface area contributed by atoms with Crippen LogP contribution in [0, 0.1) is 5.92 Å². The topological polar surface area (TPSA) is 119 Å². The average Bonchev–Trinajstić information content (AvgIpc) is 2.52. The second-order valence-electron chi connectivity index (χ2n) is 5.33. The summed E-state index contributed by atoms with van der Waals surface area (Å²) in [5.74, 6) is -1.67. The number of hydrogen-bond acceptors (Lipinski definition) is 6. The fourth-order valence-corrected chi connectivity index (χ4v) is 3.11. The minimum absolute atomic E-state index is 0.0743. The Morgan fingerprint density at radius 1 is 1.21 bits per heavy atom. The van der Waals surface area contributed by atoms with Gasteiger partial charge in [-0.05, 0) is 30.2 Å². The molecule has 1 aromatic rings. The molecule has 0 spiro atoms. The largest absolute Gasteiger partial charge is 0.493 e. The molecule has 8 nitrogen and oxygen atoms in total. The molecule has 1 unspecified atom stereocenters. The molecule has 1 atom stereocenters. The standard InChI is InChI=1S/C15H21NO7S/c1-10(2)14(15(18)19)16-24(20,21)12-6-4-11(5-7-12)23-9-8-13(17)22-3/h4-7,10,14,16H,8-9H2,1-3H3,(H,18,19). The van der Waals surface area contributed by atoms with Crippen LogP contribution in [0.3, 0.4) is 0 Å². The first-order chi connectivity index (χ1) is 11.2. The predicted molar refractivity (Wildman–Crippen MR) is 85.2 cm³/mol. The van der Waals surface area contributed by atoms with Gasteiger partial charge < -0.3 is 14.6 Å². The van der Waals surface area contributed by atoms with Gasteiger partial charge in [0.05, 0.1) is 25.0 Å². The third-order valence-electron chi connectivity index (χ3n) is 3.15. The molecule has 0 fully saturated rings. The number of carbonyl (C=O) groups excluding carboxylic acids is 1. The molecule has 1 aromatic carbocycles. The monoisotopic (exact) mass is 359 g/mol. The first-order valence-electron chi connectivity index (χ1n) is 7.22. The van der Waals surface area contributed by atoms with Crippen molar-refractivity contribution in [1.82, 2.24) is 4.72 Å². The minimum atomic E-state index is -3.96. The smallest absolute Gasteiger partial charge is 0.322 e. The normalized spacial score (nSPS) is 12.7. The lowest BCUT2D eigenvalue weighted by atomic mass is 10.1. The second kappa shape index (κ2) is 8.65. The quantitative estimate of drug-likeness (QED) is 0.632. The van der Waals surface area contributed by atoms with Gasteiger partial charge in [0.15, 0.2) is 0 Å². The van der Waals surface area contributed by atoms with E-state index in [1.807, 2.05) is 0 Å². The number of nitrogens with one attached hydrogen (secondary N) is 1. The van der Waals surface area contributed by atoms with Crippen LogP contribution in [0.15, 0.2) is 29.2 Å². The zero-order valence-electron chi connectivity index (χ0n) is 13.7. The summed E-state index contributed by atoms with van der Waals surface area (Å²) in [7, 11) is -2.69. The fraction of sp³-hybridized carbons (Fsp3) is 0.467. The van der Waals surface area contributed by atoms with Crippen molar-refractivity contribution in [2.45, 2.75) is 31.2 Å². The SMILES string of the molecule is COC(=O)CCOc1ccc(S(=O)(=O)NC(C(=O)O)C(C)C)cc1. The van der Waals surface area contributed by atoms with E-state index in [2.05, 4.69) is 9.46 Å². The number of sulfonamides is 1. The number of rotatable bonds is 9. The summed E-state index contributed by atoms with van der Waals surface area (Å²) in [6.07, 6.45) is 0.0762. The maximum Gasteiger partial charge on any atom is 0.322 e. The van der Waals surface area contributed by atoms with Gasteiger partial charge in [0.25, 0.3) is 0 Å². The second-order valence-corrected chi connectivity index (χ2v) is 7.04. The molecule has 134 valence electrons. The van der Waals surface area contributed by atoms with Crippen LogP contribution in [-0.2, 0) is 24.3 Å². The van der Waals surface area contributed by atoms with Gasteiger partial charge in [0.1, 0.15) is 11.8 Å². The van der Waals surface area contributed by atoms with Gasteiger partial charge in [0, 0.05) is 0 Å². The zero-order valence-corrected chi connectivity index (χ0v) is 14.5. The zero-order chi connectivity index (χ0) is 18.3. The summed E-state index contributed by atoms with van der Waals surface area (Å²) in [6.45, 7) is 3.32. The fourth-order valence-electron chi connectivity index (χ4n) is 1.78. The number of carboxylic acid groups (broad SMARTS) is 1. The van der Waals surface area contributed by atoms with E-state index in [0.29, 0.717) is 5.75 Å². The maximum absolute atomic E-state index is 12.2. The Hall–Kier alpha value is -2.13. The number of esters is 1. The van der Waals surface area contributed by atoms with Crippen LogP contribution < -0.4 is 9.46 Å².